The largest absolute Gasteiger partial charge is 0.381 e. The molecule has 0 aromatic carbocycles. The number of hydrogen-bond donors (Lipinski definition) is 1. The van der Waals surface area contributed by atoms with Gasteiger partial charge in [0.1, 0.15) is 0 Å². The van der Waals surface area contributed by atoms with E-state index in [4.69, 9.17) is 4.74 Å². The summed E-state index contributed by atoms with van der Waals surface area (Å²) in [6.45, 7) is 7.89. The molecule has 0 radical (unpaired) electrons. The van der Waals surface area contributed by atoms with Gasteiger partial charge in [-0.3, -0.25) is 0 Å². The molecule has 1 aliphatic heterocycles. The molecule has 3 atom stereocenters. The summed E-state index contributed by atoms with van der Waals surface area (Å²) in [4.78, 5) is 2.54. The van der Waals surface area contributed by atoms with Gasteiger partial charge in [0.2, 0.25) is 0 Å². The number of nitrogens with zero attached hydrogens (tertiary/aromatic N) is 1. The molecule has 3 unspecified atom stereocenters. The maximum Gasteiger partial charge on any atom is 0.0506 e. The van der Waals surface area contributed by atoms with Crippen LogP contribution >= 0.6 is 0 Å². The monoisotopic (exact) mass is 282 g/mol. The average molecular weight is 282 g/mol. The van der Waals surface area contributed by atoms with Gasteiger partial charge >= 0.3 is 0 Å². The topological polar surface area (TPSA) is 24.5 Å². The van der Waals surface area contributed by atoms with Gasteiger partial charge in [-0.2, -0.15) is 0 Å². The molecule has 1 aliphatic carbocycles. The first-order valence-corrected chi connectivity index (χ1v) is 8.79. The lowest BCUT2D eigenvalue weighted by Gasteiger charge is -2.28. The van der Waals surface area contributed by atoms with E-state index in [0.717, 1.165) is 31.1 Å². The maximum absolute atomic E-state index is 5.59. The molecule has 0 bridgehead atoms. The molecule has 0 spiro atoms. The Kier molecular flexibility index (Phi) is 7.32. The van der Waals surface area contributed by atoms with Gasteiger partial charge in [0.25, 0.3) is 0 Å². The van der Waals surface area contributed by atoms with Crippen LogP contribution in [0.3, 0.4) is 0 Å². The van der Waals surface area contributed by atoms with Crippen molar-refractivity contribution in [2.45, 2.75) is 57.9 Å². The van der Waals surface area contributed by atoms with Gasteiger partial charge in [-0.15, -0.1) is 0 Å². The fraction of sp³-hybridized carbons (Fsp3) is 1.00. The second-order valence-electron chi connectivity index (χ2n) is 6.89. The predicted octanol–water partition coefficient (Wildman–Crippen LogP) is 2.90. The van der Waals surface area contributed by atoms with Crippen LogP contribution in [-0.2, 0) is 4.74 Å². The number of hydrogen-bond acceptors (Lipinski definition) is 3. The molecule has 2 rings (SSSR count). The van der Waals surface area contributed by atoms with E-state index < -0.39 is 0 Å². The zero-order valence-electron chi connectivity index (χ0n) is 13.6. The second kappa shape index (κ2) is 9.01. The molecule has 1 heterocycles. The van der Waals surface area contributed by atoms with Gasteiger partial charge in [0, 0.05) is 19.2 Å². The molecule has 0 aromatic heterocycles. The molecule has 2 aliphatic rings. The van der Waals surface area contributed by atoms with Crippen molar-refractivity contribution in [3.63, 3.8) is 0 Å². The van der Waals surface area contributed by atoms with Crippen LogP contribution in [0.25, 0.3) is 0 Å². The van der Waals surface area contributed by atoms with Crippen molar-refractivity contribution >= 4 is 0 Å². The van der Waals surface area contributed by atoms with Gasteiger partial charge in [0.15, 0.2) is 0 Å². The highest BCUT2D eigenvalue weighted by Gasteiger charge is 2.26. The highest BCUT2D eigenvalue weighted by atomic mass is 16.5. The third-order valence-corrected chi connectivity index (χ3v) is 5.02. The van der Waals surface area contributed by atoms with Crippen molar-refractivity contribution < 1.29 is 4.74 Å². The summed E-state index contributed by atoms with van der Waals surface area (Å²) in [6.07, 6.45) is 9.48. The molecule has 0 amide bonds. The lowest BCUT2D eigenvalue weighted by atomic mass is 9.98. The smallest absolute Gasteiger partial charge is 0.0506 e. The maximum atomic E-state index is 5.59. The van der Waals surface area contributed by atoms with Crippen LogP contribution in [0.5, 0.6) is 0 Å². The highest BCUT2D eigenvalue weighted by Crippen LogP contribution is 2.28. The van der Waals surface area contributed by atoms with E-state index in [0.29, 0.717) is 0 Å². The summed E-state index contributed by atoms with van der Waals surface area (Å²) in [5.41, 5.74) is 0. The van der Waals surface area contributed by atoms with Crippen molar-refractivity contribution in [3.8, 4) is 0 Å². The van der Waals surface area contributed by atoms with Gasteiger partial charge in [-0.25, -0.2) is 0 Å². The Labute approximate surface area is 125 Å². The zero-order valence-corrected chi connectivity index (χ0v) is 13.6. The van der Waals surface area contributed by atoms with Crippen LogP contribution in [0.4, 0.5) is 0 Å². The van der Waals surface area contributed by atoms with E-state index in [2.05, 4.69) is 24.2 Å². The molecule has 118 valence electrons. The van der Waals surface area contributed by atoms with Crippen molar-refractivity contribution in [2.75, 3.05) is 39.9 Å². The summed E-state index contributed by atoms with van der Waals surface area (Å²) >= 11 is 0. The molecule has 0 aromatic rings. The van der Waals surface area contributed by atoms with Crippen LogP contribution in [0.2, 0.25) is 0 Å². The molecular formula is C17H34N2O. The molecule has 1 N–H and O–H groups in total. The fourth-order valence-corrected chi connectivity index (χ4v) is 3.85. The molecule has 3 nitrogen and oxygen atoms in total. The zero-order chi connectivity index (χ0) is 14.2. The first-order valence-electron chi connectivity index (χ1n) is 8.79. The van der Waals surface area contributed by atoms with Crippen LogP contribution in [0.1, 0.15) is 51.9 Å². The minimum absolute atomic E-state index is 0.770. The molecule has 1 saturated heterocycles. The molecule has 1 saturated carbocycles. The number of nitrogens with one attached hydrogen (secondary N) is 1. The van der Waals surface area contributed by atoms with E-state index in [9.17, 15) is 0 Å². The Hall–Kier alpha value is -0.120. The van der Waals surface area contributed by atoms with E-state index >= 15 is 0 Å². The summed E-state index contributed by atoms with van der Waals surface area (Å²) in [6, 6.07) is 0.793. The van der Waals surface area contributed by atoms with E-state index in [1.165, 1.54) is 64.6 Å². The first-order chi connectivity index (χ1) is 9.79. The lowest BCUT2D eigenvalue weighted by molar-refractivity contribution is 0.0413. The molecule has 20 heavy (non-hydrogen) atoms. The summed E-state index contributed by atoms with van der Waals surface area (Å²) in [5.74, 6) is 1.68. The lowest BCUT2D eigenvalue weighted by Crippen LogP contribution is -2.36. The van der Waals surface area contributed by atoms with Crippen molar-refractivity contribution in [1.29, 1.82) is 0 Å². The van der Waals surface area contributed by atoms with Gasteiger partial charge in [-0.05, 0) is 70.5 Å². The molecule has 2 fully saturated rings. The third kappa shape index (κ3) is 5.34. The molecular weight excluding hydrogens is 248 g/mol. The number of rotatable bonds is 8. The Bertz CT molecular complexity index is 253. The van der Waals surface area contributed by atoms with Gasteiger partial charge in [0.05, 0.1) is 6.61 Å². The van der Waals surface area contributed by atoms with Gasteiger partial charge in [-0.1, -0.05) is 13.3 Å². The standard InChI is InChI=1S/C17H34N2O/c1-3-10-18-17-8-4-7-16(17)9-11-19(2)13-15-6-5-12-20-14-15/h15-18H,3-14H2,1-2H3. The number of ether oxygens (including phenoxy) is 1. The molecule has 3 heteroatoms. The Morgan fingerprint density at radius 1 is 1.20 bits per heavy atom. The van der Waals surface area contributed by atoms with Crippen molar-refractivity contribution in [3.05, 3.63) is 0 Å². The predicted molar refractivity (Wildman–Crippen MR) is 85.1 cm³/mol. The second-order valence-corrected chi connectivity index (χ2v) is 6.89. The Balaban J connectivity index is 1.62. The van der Waals surface area contributed by atoms with Crippen LogP contribution in [0.15, 0.2) is 0 Å². The highest BCUT2D eigenvalue weighted by molar-refractivity contribution is 4.83. The minimum atomic E-state index is 0.770. The Morgan fingerprint density at radius 2 is 2.10 bits per heavy atom. The van der Waals surface area contributed by atoms with Gasteiger partial charge < -0.3 is 15.0 Å². The Morgan fingerprint density at radius 3 is 2.85 bits per heavy atom. The fourth-order valence-electron chi connectivity index (χ4n) is 3.85. The van der Waals surface area contributed by atoms with Crippen molar-refractivity contribution in [2.24, 2.45) is 11.8 Å². The normalized spacial score (nSPS) is 31.1. The van der Waals surface area contributed by atoms with E-state index in [1.54, 1.807) is 0 Å². The average Bonchev–Trinajstić information content (AvgIpc) is 2.91. The summed E-state index contributed by atoms with van der Waals surface area (Å²) in [5, 5.41) is 3.75. The van der Waals surface area contributed by atoms with E-state index in [-0.39, 0.29) is 0 Å². The summed E-state index contributed by atoms with van der Waals surface area (Å²) < 4.78 is 5.59. The van der Waals surface area contributed by atoms with E-state index in [1.807, 2.05) is 0 Å². The minimum Gasteiger partial charge on any atom is -0.381 e. The van der Waals surface area contributed by atoms with Crippen LogP contribution in [-0.4, -0.2) is 50.8 Å². The summed E-state index contributed by atoms with van der Waals surface area (Å²) in [7, 11) is 2.29. The van der Waals surface area contributed by atoms with Crippen LogP contribution < -0.4 is 5.32 Å². The third-order valence-electron chi connectivity index (χ3n) is 5.02. The van der Waals surface area contributed by atoms with Crippen LogP contribution in [0, 0.1) is 11.8 Å². The van der Waals surface area contributed by atoms with Crippen molar-refractivity contribution in [1.82, 2.24) is 10.2 Å². The SMILES string of the molecule is CCCNC1CCCC1CCN(C)CC1CCCOC1. The quantitative estimate of drug-likeness (QED) is 0.741. The first kappa shape index (κ1) is 16.3.